The molecule has 0 bridgehead atoms. The summed E-state index contributed by atoms with van der Waals surface area (Å²) in [6, 6.07) is 9.76. The van der Waals surface area contributed by atoms with Gasteiger partial charge in [-0.3, -0.25) is 9.59 Å². The van der Waals surface area contributed by atoms with E-state index >= 15 is 0 Å². The summed E-state index contributed by atoms with van der Waals surface area (Å²) < 4.78 is 0. The fraction of sp³-hybridized carbons (Fsp3) is 0.143. The number of rotatable bonds is 3. The van der Waals surface area contributed by atoms with Crippen LogP contribution in [-0.4, -0.2) is 17.0 Å². The van der Waals surface area contributed by atoms with Crippen LogP contribution in [0.3, 0.4) is 0 Å². The Balaban J connectivity index is 2.15. The molecule has 5 nitrogen and oxygen atoms in total. The highest BCUT2D eigenvalue weighted by atomic mass is 32.1. The molecule has 0 spiro atoms. The van der Waals surface area contributed by atoms with Crippen molar-refractivity contribution < 1.29 is 0 Å². The zero-order chi connectivity index (χ0) is 14.1. The van der Waals surface area contributed by atoms with E-state index in [0.717, 1.165) is 5.56 Å². The minimum atomic E-state index is -0.633. The van der Waals surface area contributed by atoms with Crippen LogP contribution in [0, 0.1) is 0 Å². The second kappa shape index (κ2) is 5.07. The summed E-state index contributed by atoms with van der Waals surface area (Å²) in [5.74, 6) is 0. The van der Waals surface area contributed by atoms with Crippen LogP contribution in [0.1, 0.15) is 16.5 Å². The van der Waals surface area contributed by atoms with E-state index in [1.54, 1.807) is 17.4 Å². The summed E-state index contributed by atoms with van der Waals surface area (Å²) in [5, 5.41) is 5.29. The van der Waals surface area contributed by atoms with Gasteiger partial charge in [-0.15, -0.1) is 11.3 Å². The summed E-state index contributed by atoms with van der Waals surface area (Å²) in [5.41, 5.74) is 1.02. The topological polar surface area (TPSA) is 77.8 Å². The van der Waals surface area contributed by atoms with E-state index < -0.39 is 11.1 Å². The smallest absolute Gasteiger partial charge is 0.314 e. The molecular formula is C14H13N3O2S. The Morgan fingerprint density at radius 1 is 1.10 bits per heavy atom. The molecular weight excluding hydrogens is 274 g/mol. The summed E-state index contributed by atoms with van der Waals surface area (Å²) in [4.78, 5) is 29.0. The Hall–Kier alpha value is -2.18. The van der Waals surface area contributed by atoms with E-state index in [-0.39, 0.29) is 6.04 Å². The Morgan fingerprint density at radius 3 is 2.50 bits per heavy atom. The quantitative estimate of drug-likeness (QED) is 0.640. The number of fused-ring (bicyclic) bond motifs is 1. The molecule has 102 valence electrons. The van der Waals surface area contributed by atoms with E-state index in [2.05, 4.69) is 21.4 Å². The first-order valence-electron chi connectivity index (χ1n) is 6.16. The van der Waals surface area contributed by atoms with E-state index in [4.69, 9.17) is 0 Å². The lowest BCUT2D eigenvalue weighted by Gasteiger charge is -2.15. The summed E-state index contributed by atoms with van der Waals surface area (Å²) in [6.07, 6.45) is 0. The SMILES string of the molecule is CNC(c1ccc2[nH]c(=O)c(=O)[nH]c2c1)c1cccs1. The number of hydrogen-bond acceptors (Lipinski definition) is 4. The van der Waals surface area contributed by atoms with Crippen LogP contribution < -0.4 is 16.4 Å². The lowest BCUT2D eigenvalue weighted by molar-refractivity contribution is 0.704. The minimum Gasteiger partial charge on any atom is -0.316 e. The Morgan fingerprint density at radius 2 is 1.85 bits per heavy atom. The van der Waals surface area contributed by atoms with Crippen LogP contribution in [0.25, 0.3) is 11.0 Å². The lowest BCUT2D eigenvalue weighted by atomic mass is 10.0. The maximum atomic E-state index is 11.4. The van der Waals surface area contributed by atoms with Gasteiger partial charge in [0.1, 0.15) is 0 Å². The Labute approximate surface area is 118 Å². The van der Waals surface area contributed by atoms with Crippen LogP contribution in [0.4, 0.5) is 0 Å². The van der Waals surface area contributed by atoms with E-state index in [0.29, 0.717) is 11.0 Å². The van der Waals surface area contributed by atoms with Crippen molar-refractivity contribution in [3.8, 4) is 0 Å². The second-order valence-electron chi connectivity index (χ2n) is 4.45. The zero-order valence-electron chi connectivity index (χ0n) is 10.8. The van der Waals surface area contributed by atoms with Crippen LogP contribution >= 0.6 is 11.3 Å². The lowest BCUT2D eigenvalue weighted by Crippen LogP contribution is -2.29. The predicted molar refractivity (Wildman–Crippen MR) is 80.4 cm³/mol. The molecule has 2 heterocycles. The van der Waals surface area contributed by atoms with Crippen LogP contribution in [0.2, 0.25) is 0 Å². The van der Waals surface area contributed by atoms with E-state index in [1.807, 2.05) is 30.6 Å². The normalized spacial score (nSPS) is 12.7. The third kappa shape index (κ3) is 2.19. The maximum Gasteiger partial charge on any atom is 0.314 e. The van der Waals surface area contributed by atoms with Gasteiger partial charge in [0.15, 0.2) is 0 Å². The van der Waals surface area contributed by atoms with Crippen molar-refractivity contribution in [2.45, 2.75) is 6.04 Å². The van der Waals surface area contributed by atoms with Gasteiger partial charge in [0.25, 0.3) is 0 Å². The number of H-pyrrole nitrogens is 2. The molecule has 0 saturated heterocycles. The number of aromatic amines is 2. The molecule has 2 aromatic heterocycles. The van der Waals surface area contributed by atoms with Gasteiger partial charge in [-0.1, -0.05) is 12.1 Å². The van der Waals surface area contributed by atoms with Crippen molar-refractivity contribution in [3.63, 3.8) is 0 Å². The molecule has 0 amide bonds. The molecule has 3 aromatic rings. The Bertz CT molecular complexity index is 849. The van der Waals surface area contributed by atoms with E-state index in [1.165, 1.54) is 4.88 Å². The van der Waals surface area contributed by atoms with Gasteiger partial charge >= 0.3 is 11.1 Å². The molecule has 0 aliphatic heterocycles. The number of aromatic nitrogens is 2. The third-order valence-electron chi connectivity index (χ3n) is 3.20. The average molecular weight is 287 g/mol. The molecule has 3 N–H and O–H groups in total. The zero-order valence-corrected chi connectivity index (χ0v) is 11.6. The fourth-order valence-electron chi connectivity index (χ4n) is 2.24. The van der Waals surface area contributed by atoms with Crippen molar-refractivity contribution in [1.29, 1.82) is 0 Å². The number of nitrogens with one attached hydrogen (secondary N) is 3. The van der Waals surface area contributed by atoms with E-state index in [9.17, 15) is 9.59 Å². The number of hydrogen-bond donors (Lipinski definition) is 3. The first kappa shape index (κ1) is 12.8. The average Bonchev–Trinajstić information content (AvgIpc) is 2.95. The molecule has 0 radical (unpaired) electrons. The molecule has 20 heavy (non-hydrogen) atoms. The highest BCUT2D eigenvalue weighted by Crippen LogP contribution is 2.26. The summed E-state index contributed by atoms with van der Waals surface area (Å²) in [7, 11) is 1.89. The van der Waals surface area contributed by atoms with Crippen LogP contribution in [0.15, 0.2) is 45.3 Å². The van der Waals surface area contributed by atoms with Crippen LogP contribution in [0.5, 0.6) is 0 Å². The highest BCUT2D eigenvalue weighted by molar-refractivity contribution is 7.10. The van der Waals surface area contributed by atoms with Crippen molar-refractivity contribution in [1.82, 2.24) is 15.3 Å². The molecule has 1 aromatic carbocycles. The van der Waals surface area contributed by atoms with Crippen molar-refractivity contribution in [2.24, 2.45) is 0 Å². The molecule has 6 heteroatoms. The summed E-state index contributed by atoms with van der Waals surface area (Å²) >= 11 is 1.67. The summed E-state index contributed by atoms with van der Waals surface area (Å²) in [6.45, 7) is 0. The van der Waals surface area contributed by atoms with Gasteiger partial charge in [-0.05, 0) is 36.2 Å². The number of benzene rings is 1. The minimum absolute atomic E-state index is 0.0647. The van der Waals surface area contributed by atoms with Gasteiger partial charge in [-0.25, -0.2) is 0 Å². The Kier molecular flexibility index (Phi) is 3.25. The van der Waals surface area contributed by atoms with Gasteiger partial charge in [0, 0.05) is 4.88 Å². The first-order chi connectivity index (χ1) is 9.69. The largest absolute Gasteiger partial charge is 0.316 e. The molecule has 0 aliphatic rings. The van der Waals surface area contributed by atoms with Gasteiger partial charge < -0.3 is 15.3 Å². The predicted octanol–water partition coefficient (Wildman–Crippen LogP) is 1.59. The van der Waals surface area contributed by atoms with Gasteiger partial charge in [0.2, 0.25) is 0 Å². The molecule has 0 aliphatic carbocycles. The van der Waals surface area contributed by atoms with Crippen molar-refractivity contribution in [2.75, 3.05) is 7.05 Å². The van der Waals surface area contributed by atoms with Crippen molar-refractivity contribution >= 4 is 22.4 Å². The highest BCUT2D eigenvalue weighted by Gasteiger charge is 2.13. The monoisotopic (exact) mass is 287 g/mol. The van der Waals surface area contributed by atoms with Crippen molar-refractivity contribution in [3.05, 3.63) is 66.9 Å². The molecule has 0 saturated carbocycles. The number of thiophene rings is 1. The molecule has 1 unspecified atom stereocenters. The standard InChI is InChI=1S/C14H13N3O2S/c1-15-12(11-3-2-6-20-11)8-4-5-9-10(7-8)17-14(19)13(18)16-9/h2-7,12,15H,1H3,(H,16,18)(H,17,19). The third-order valence-corrected chi connectivity index (χ3v) is 4.13. The molecule has 3 rings (SSSR count). The van der Waals surface area contributed by atoms with Gasteiger partial charge in [0.05, 0.1) is 17.1 Å². The fourth-order valence-corrected chi connectivity index (χ4v) is 3.10. The maximum absolute atomic E-state index is 11.4. The van der Waals surface area contributed by atoms with Gasteiger partial charge in [-0.2, -0.15) is 0 Å². The molecule has 0 fully saturated rings. The molecule has 1 atom stereocenters. The second-order valence-corrected chi connectivity index (χ2v) is 5.43. The van der Waals surface area contributed by atoms with Crippen LogP contribution in [-0.2, 0) is 0 Å². The first-order valence-corrected chi connectivity index (χ1v) is 7.04.